The molecule has 2 fully saturated rings. The van der Waals surface area contributed by atoms with Crippen molar-refractivity contribution in [3.63, 3.8) is 0 Å². The highest BCUT2D eigenvalue weighted by molar-refractivity contribution is 5.48. The molecule has 2 N–H and O–H groups in total. The first-order chi connectivity index (χ1) is 9.70. The average molecular weight is 273 g/mol. The van der Waals surface area contributed by atoms with Crippen LogP contribution in [0.15, 0.2) is 18.3 Å². The summed E-state index contributed by atoms with van der Waals surface area (Å²) in [6, 6.07) is 4.18. The van der Waals surface area contributed by atoms with Crippen LogP contribution in [0, 0.1) is 5.41 Å². The van der Waals surface area contributed by atoms with Gasteiger partial charge in [-0.25, -0.2) is 4.98 Å². The quantitative estimate of drug-likeness (QED) is 0.894. The van der Waals surface area contributed by atoms with E-state index in [1.165, 1.54) is 50.5 Å². The van der Waals surface area contributed by atoms with Crippen LogP contribution in [0.1, 0.15) is 63.5 Å². The van der Waals surface area contributed by atoms with E-state index < -0.39 is 0 Å². The van der Waals surface area contributed by atoms with Gasteiger partial charge in [0.05, 0.1) is 0 Å². The van der Waals surface area contributed by atoms with Gasteiger partial charge in [-0.1, -0.05) is 25.3 Å². The molecule has 1 unspecified atom stereocenters. The molecule has 110 valence electrons. The van der Waals surface area contributed by atoms with Crippen LogP contribution in [0.3, 0.4) is 0 Å². The molecule has 1 saturated heterocycles. The summed E-state index contributed by atoms with van der Waals surface area (Å²) in [5.74, 6) is 1.12. The maximum absolute atomic E-state index is 6.09. The standard InChI is InChI=1S/C17H27N3/c1-14(18)15-6-5-11-19-16(15)20-12-9-17(10-13-20)7-3-2-4-8-17/h5-6,11,14H,2-4,7-10,12-13,18H2,1H3. The molecule has 3 heteroatoms. The summed E-state index contributed by atoms with van der Waals surface area (Å²) in [6.07, 6.45) is 11.8. The Hall–Kier alpha value is -1.09. The van der Waals surface area contributed by atoms with Gasteiger partial charge in [-0.2, -0.15) is 0 Å². The molecule has 1 saturated carbocycles. The second-order valence-electron chi connectivity index (χ2n) is 6.75. The normalized spacial score (nSPS) is 23.8. The highest BCUT2D eigenvalue weighted by atomic mass is 15.2. The SMILES string of the molecule is CC(N)c1cccnc1N1CCC2(CCCCC2)CC1. The molecule has 1 atom stereocenters. The zero-order chi connectivity index (χ0) is 14.0. The second kappa shape index (κ2) is 5.72. The summed E-state index contributed by atoms with van der Waals surface area (Å²) in [6.45, 7) is 4.35. The summed E-state index contributed by atoms with van der Waals surface area (Å²) in [5.41, 5.74) is 7.93. The van der Waals surface area contributed by atoms with Crippen molar-refractivity contribution in [2.45, 2.75) is 57.9 Å². The number of rotatable bonds is 2. The molecule has 0 amide bonds. The zero-order valence-electron chi connectivity index (χ0n) is 12.6. The van der Waals surface area contributed by atoms with Crippen LogP contribution in [0.5, 0.6) is 0 Å². The van der Waals surface area contributed by atoms with E-state index in [-0.39, 0.29) is 6.04 Å². The smallest absolute Gasteiger partial charge is 0.133 e. The molecule has 3 rings (SSSR count). The lowest BCUT2D eigenvalue weighted by Gasteiger charge is -2.45. The molecule has 1 aromatic heterocycles. The number of anilines is 1. The summed E-state index contributed by atoms with van der Waals surface area (Å²) in [5, 5.41) is 0. The largest absolute Gasteiger partial charge is 0.356 e. The number of piperidine rings is 1. The van der Waals surface area contributed by atoms with Crippen molar-refractivity contribution in [3.05, 3.63) is 23.9 Å². The fourth-order valence-corrected chi connectivity index (χ4v) is 4.02. The molecule has 20 heavy (non-hydrogen) atoms. The number of nitrogens with zero attached hydrogens (tertiary/aromatic N) is 2. The van der Waals surface area contributed by atoms with E-state index in [4.69, 9.17) is 5.73 Å². The van der Waals surface area contributed by atoms with Gasteiger partial charge in [-0.05, 0) is 44.1 Å². The van der Waals surface area contributed by atoms with E-state index >= 15 is 0 Å². The second-order valence-corrected chi connectivity index (χ2v) is 6.75. The predicted molar refractivity (Wildman–Crippen MR) is 83.8 cm³/mol. The molecule has 1 spiro atoms. The number of aromatic nitrogens is 1. The number of hydrogen-bond acceptors (Lipinski definition) is 3. The lowest BCUT2D eigenvalue weighted by Crippen LogP contribution is -2.42. The van der Waals surface area contributed by atoms with Gasteiger partial charge in [0.1, 0.15) is 5.82 Å². The van der Waals surface area contributed by atoms with Gasteiger partial charge in [0.2, 0.25) is 0 Å². The number of hydrogen-bond donors (Lipinski definition) is 1. The molecule has 3 nitrogen and oxygen atoms in total. The fourth-order valence-electron chi connectivity index (χ4n) is 4.02. The summed E-state index contributed by atoms with van der Waals surface area (Å²) < 4.78 is 0. The maximum Gasteiger partial charge on any atom is 0.133 e. The van der Waals surface area contributed by atoms with Gasteiger partial charge in [-0.3, -0.25) is 0 Å². The van der Waals surface area contributed by atoms with Crippen molar-refractivity contribution >= 4 is 5.82 Å². The minimum Gasteiger partial charge on any atom is -0.356 e. The van der Waals surface area contributed by atoms with Crippen molar-refractivity contribution in [2.24, 2.45) is 11.1 Å². The first-order valence-electron chi connectivity index (χ1n) is 8.16. The van der Waals surface area contributed by atoms with E-state index in [2.05, 4.69) is 16.0 Å². The van der Waals surface area contributed by atoms with Crippen molar-refractivity contribution in [1.29, 1.82) is 0 Å². The Morgan fingerprint density at radius 1 is 1.15 bits per heavy atom. The Labute approximate surface area is 122 Å². The molecule has 2 aliphatic rings. The highest BCUT2D eigenvalue weighted by Crippen LogP contribution is 2.45. The van der Waals surface area contributed by atoms with Crippen molar-refractivity contribution < 1.29 is 0 Å². The van der Waals surface area contributed by atoms with Crippen molar-refractivity contribution in [1.82, 2.24) is 4.98 Å². The molecular formula is C17H27N3. The Bertz CT molecular complexity index is 439. The molecular weight excluding hydrogens is 246 g/mol. The average Bonchev–Trinajstić information content (AvgIpc) is 2.49. The van der Waals surface area contributed by atoms with Crippen LogP contribution < -0.4 is 10.6 Å². The maximum atomic E-state index is 6.09. The Kier molecular flexibility index (Phi) is 3.97. The third kappa shape index (κ3) is 2.69. The van der Waals surface area contributed by atoms with Gasteiger partial charge >= 0.3 is 0 Å². The third-order valence-corrected chi connectivity index (χ3v) is 5.35. The van der Waals surface area contributed by atoms with Crippen LogP contribution >= 0.6 is 0 Å². The molecule has 2 heterocycles. The molecule has 1 aromatic rings. The molecule has 0 radical (unpaired) electrons. The molecule has 0 bridgehead atoms. The van der Waals surface area contributed by atoms with E-state index in [1.54, 1.807) is 0 Å². The summed E-state index contributed by atoms with van der Waals surface area (Å²) in [4.78, 5) is 7.06. The van der Waals surface area contributed by atoms with Crippen molar-refractivity contribution in [2.75, 3.05) is 18.0 Å². The Balaban J connectivity index is 1.72. The van der Waals surface area contributed by atoms with Crippen LogP contribution in [-0.2, 0) is 0 Å². The van der Waals surface area contributed by atoms with E-state index in [1.807, 2.05) is 19.2 Å². The van der Waals surface area contributed by atoms with Crippen molar-refractivity contribution in [3.8, 4) is 0 Å². The number of nitrogens with two attached hydrogens (primary N) is 1. The lowest BCUT2D eigenvalue weighted by molar-refractivity contribution is 0.144. The van der Waals surface area contributed by atoms with Crippen LogP contribution in [-0.4, -0.2) is 18.1 Å². The third-order valence-electron chi connectivity index (χ3n) is 5.35. The van der Waals surface area contributed by atoms with Crippen LogP contribution in [0.2, 0.25) is 0 Å². The number of pyridine rings is 1. The van der Waals surface area contributed by atoms with Gasteiger partial charge in [0.15, 0.2) is 0 Å². The lowest BCUT2D eigenvalue weighted by atomic mass is 9.68. The van der Waals surface area contributed by atoms with E-state index in [9.17, 15) is 0 Å². The minimum absolute atomic E-state index is 0.0595. The van der Waals surface area contributed by atoms with Crippen LogP contribution in [0.25, 0.3) is 0 Å². The van der Waals surface area contributed by atoms with Crippen LogP contribution in [0.4, 0.5) is 5.82 Å². The first kappa shape index (κ1) is 13.9. The molecule has 1 aliphatic heterocycles. The molecule has 1 aliphatic carbocycles. The summed E-state index contributed by atoms with van der Waals surface area (Å²) in [7, 11) is 0. The zero-order valence-corrected chi connectivity index (χ0v) is 12.6. The van der Waals surface area contributed by atoms with Gasteiger partial charge in [0, 0.05) is 30.9 Å². The molecule has 0 aromatic carbocycles. The first-order valence-corrected chi connectivity index (χ1v) is 8.16. The highest BCUT2D eigenvalue weighted by Gasteiger charge is 2.36. The predicted octanol–water partition coefficient (Wildman–Crippen LogP) is 3.65. The minimum atomic E-state index is 0.0595. The fraction of sp³-hybridized carbons (Fsp3) is 0.706. The monoisotopic (exact) mass is 273 g/mol. The van der Waals surface area contributed by atoms with E-state index in [0.29, 0.717) is 5.41 Å². The van der Waals surface area contributed by atoms with Gasteiger partial charge in [0.25, 0.3) is 0 Å². The topological polar surface area (TPSA) is 42.1 Å². The Morgan fingerprint density at radius 2 is 1.85 bits per heavy atom. The Morgan fingerprint density at radius 3 is 2.50 bits per heavy atom. The summed E-state index contributed by atoms with van der Waals surface area (Å²) >= 11 is 0. The van der Waals surface area contributed by atoms with Gasteiger partial charge in [-0.15, -0.1) is 0 Å². The van der Waals surface area contributed by atoms with E-state index in [0.717, 1.165) is 18.9 Å². The van der Waals surface area contributed by atoms with Gasteiger partial charge < -0.3 is 10.6 Å².